The minimum atomic E-state index is -0.459. The molecular formula is C24H23Cl2N5O3. The molecule has 1 aliphatic rings. The zero-order chi connectivity index (χ0) is 24.4. The molecule has 1 fully saturated rings. The van der Waals surface area contributed by atoms with E-state index < -0.39 is 5.91 Å². The first-order valence-corrected chi connectivity index (χ1v) is 11.5. The van der Waals surface area contributed by atoms with Gasteiger partial charge in [0.05, 0.1) is 32.5 Å². The number of benzene rings is 2. The van der Waals surface area contributed by atoms with Crippen LogP contribution >= 0.6 is 23.2 Å². The van der Waals surface area contributed by atoms with Gasteiger partial charge in [0.15, 0.2) is 0 Å². The molecule has 0 unspecified atom stereocenters. The highest BCUT2D eigenvalue weighted by molar-refractivity contribution is 6.40. The molecule has 34 heavy (non-hydrogen) atoms. The Morgan fingerprint density at radius 3 is 2.32 bits per heavy atom. The Morgan fingerprint density at radius 1 is 1.06 bits per heavy atom. The molecule has 3 aromatic rings. The van der Waals surface area contributed by atoms with Gasteiger partial charge in [-0.2, -0.15) is 0 Å². The van der Waals surface area contributed by atoms with Crippen LogP contribution in [0, 0.1) is 6.92 Å². The normalized spacial score (nSPS) is 14.2. The lowest BCUT2D eigenvalue weighted by Gasteiger charge is -2.39. The van der Waals surface area contributed by atoms with E-state index in [1.54, 1.807) is 53.4 Å². The van der Waals surface area contributed by atoms with E-state index in [0.717, 1.165) is 12.0 Å². The van der Waals surface area contributed by atoms with Crippen LogP contribution in [-0.4, -0.2) is 59.3 Å². The van der Waals surface area contributed by atoms with Crippen molar-refractivity contribution in [2.75, 3.05) is 36.5 Å². The van der Waals surface area contributed by atoms with Gasteiger partial charge in [-0.05, 0) is 30.7 Å². The maximum Gasteiger partial charge on any atom is 0.258 e. The number of fused-ring (bicyclic) bond motifs is 1. The van der Waals surface area contributed by atoms with Crippen molar-refractivity contribution in [3.63, 3.8) is 0 Å². The maximum absolute atomic E-state index is 13.0. The average Bonchev–Trinajstić information content (AvgIpc) is 2.81. The third-order valence-electron chi connectivity index (χ3n) is 5.83. The highest BCUT2D eigenvalue weighted by Gasteiger charge is 2.26. The predicted molar refractivity (Wildman–Crippen MR) is 133 cm³/mol. The third-order valence-corrected chi connectivity index (χ3v) is 6.45. The first kappa shape index (κ1) is 23.9. The molecule has 0 saturated carbocycles. The summed E-state index contributed by atoms with van der Waals surface area (Å²) in [5.74, 6) is -0.443. The number of pyridine rings is 1. The minimum absolute atomic E-state index is 0.0156. The Labute approximate surface area is 207 Å². The molecule has 0 radical (unpaired) electrons. The predicted octanol–water partition coefficient (Wildman–Crippen LogP) is 4.14. The summed E-state index contributed by atoms with van der Waals surface area (Å²) >= 11 is 12.4. The highest BCUT2D eigenvalue weighted by atomic mass is 35.5. The Bertz CT molecular complexity index is 1250. The number of amides is 3. The van der Waals surface area contributed by atoms with Gasteiger partial charge in [-0.25, -0.2) is 10.0 Å². The van der Waals surface area contributed by atoms with Crippen molar-refractivity contribution in [1.29, 1.82) is 0 Å². The summed E-state index contributed by atoms with van der Waals surface area (Å²) in [6.45, 7) is 5.51. The van der Waals surface area contributed by atoms with Gasteiger partial charge in [0.1, 0.15) is 0 Å². The first-order valence-electron chi connectivity index (χ1n) is 10.7. The number of carbonyl (C=O) groups is 3. The number of anilines is 2. The fraction of sp³-hybridized carbons (Fsp3) is 0.250. The summed E-state index contributed by atoms with van der Waals surface area (Å²) < 4.78 is 0. The zero-order valence-electron chi connectivity index (χ0n) is 18.7. The van der Waals surface area contributed by atoms with Crippen molar-refractivity contribution in [3.05, 3.63) is 63.8 Å². The Kier molecular flexibility index (Phi) is 7.02. The average molecular weight is 500 g/mol. The summed E-state index contributed by atoms with van der Waals surface area (Å²) in [6, 6.07) is 10.2. The minimum Gasteiger partial charge on any atom is -0.340 e. The lowest BCUT2D eigenvalue weighted by atomic mass is 10.1. The van der Waals surface area contributed by atoms with Crippen molar-refractivity contribution in [2.45, 2.75) is 13.8 Å². The number of hydrazine groups is 1. The van der Waals surface area contributed by atoms with Gasteiger partial charge in [0.25, 0.3) is 5.91 Å². The van der Waals surface area contributed by atoms with Crippen molar-refractivity contribution >= 4 is 63.7 Å². The van der Waals surface area contributed by atoms with Gasteiger partial charge in [-0.3, -0.25) is 19.4 Å². The lowest BCUT2D eigenvalue weighted by molar-refractivity contribution is -0.130. The van der Waals surface area contributed by atoms with Gasteiger partial charge in [-0.1, -0.05) is 41.4 Å². The van der Waals surface area contributed by atoms with Crippen molar-refractivity contribution in [3.8, 4) is 0 Å². The van der Waals surface area contributed by atoms with Crippen LogP contribution < -0.4 is 10.3 Å². The molecule has 8 nitrogen and oxygen atoms in total. The van der Waals surface area contributed by atoms with Crippen LogP contribution in [0.2, 0.25) is 10.0 Å². The number of rotatable bonds is 5. The number of nitrogens with one attached hydrogen (secondary N) is 1. The Morgan fingerprint density at radius 2 is 1.71 bits per heavy atom. The number of para-hydroxylation sites is 1. The van der Waals surface area contributed by atoms with Crippen LogP contribution in [0.1, 0.15) is 22.8 Å². The lowest BCUT2D eigenvalue weighted by Crippen LogP contribution is -2.54. The molecular weight excluding hydrogens is 477 g/mol. The Hall–Kier alpha value is -3.20. The zero-order valence-corrected chi connectivity index (χ0v) is 20.2. The second-order valence-electron chi connectivity index (χ2n) is 7.95. The number of piperazine rings is 1. The standard InChI is InChI=1S/C24H23Cl2N5O3/c1-15-13-27-22-17(23(15)31(14-32)30-11-9-29(10-12-30)16(2)33)5-3-8-20(22)28-24(34)21-18(25)6-4-7-19(21)26/h3-8,13-14H,9-12H2,1-2H3,(H,28,34). The summed E-state index contributed by atoms with van der Waals surface area (Å²) in [4.78, 5) is 43.2. The third kappa shape index (κ3) is 4.57. The van der Waals surface area contributed by atoms with Crippen LogP contribution in [0.4, 0.5) is 11.4 Å². The van der Waals surface area contributed by atoms with Gasteiger partial charge in [0.2, 0.25) is 12.3 Å². The number of hydrogen-bond donors (Lipinski definition) is 1. The van der Waals surface area contributed by atoms with Gasteiger partial charge >= 0.3 is 0 Å². The summed E-state index contributed by atoms with van der Waals surface area (Å²) in [5.41, 5.74) is 2.63. The highest BCUT2D eigenvalue weighted by Crippen LogP contribution is 2.34. The molecule has 0 aliphatic carbocycles. The van der Waals surface area contributed by atoms with E-state index in [1.165, 1.54) is 0 Å². The number of nitrogens with zero attached hydrogens (tertiary/aromatic N) is 4. The van der Waals surface area contributed by atoms with Crippen LogP contribution in [0.25, 0.3) is 10.9 Å². The summed E-state index contributed by atoms with van der Waals surface area (Å²) in [5, 5.41) is 7.50. The fourth-order valence-electron chi connectivity index (χ4n) is 4.10. The molecule has 2 heterocycles. The van der Waals surface area contributed by atoms with E-state index in [9.17, 15) is 14.4 Å². The second kappa shape index (κ2) is 9.97. The van der Waals surface area contributed by atoms with E-state index in [2.05, 4.69) is 10.3 Å². The maximum atomic E-state index is 13.0. The van der Waals surface area contributed by atoms with Crippen LogP contribution in [0.3, 0.4) is 0 Å². The molecule has 4 rings (SSSR count). The van der Waals surface area contributed by atoms with Gasteiger partial charge in [-0.15, -0.1) is 0 Å². The quantitative estimate of drug-likeness (QED) is 0.533. The van der Waals surface area contributed by atoms with Crippen molar-refractivity contribution < 1.29 is 14.4 Å². The second-order valence-corrected chi connectivity index (χ2v) is 8.77. The van der Waals surface area contributed by atoms with E-state index >= 15 is 0 Å². The summed E-state index contributed by atoms with van der Waals surface area (Å²) in [7, 11) is 0. The topological polar surface area (TPSA) is 85.8 Å². The van der Waals surface area contributed by atoms with Crippen LogP contribution in [-0.2, 0) is 9.59 Å². The summed E-state index contributed by atoms with van der Waals surface area (Å²) in [6.07, 6.45) is 2.43. The van der Waals surface area contributed by atoms with Gasteiger partial charge < -0.3 is 10.2 Å². The first-order chi connectivity index (χ1) is 16.3. The smallest absolute Gasteiger partial charge is 0.258 e. The van der Waals surface area contributed by atoms with E-state index in [-0.39, 0.29) is 21.5 Å². The van der Waals surface area contributed by atoms with E-state index in [0.29, 0.717) is 48.5 Å². The number of aromatic nitrogens is 1. The molecule has 10 heteroatoms. The van der Waals surface area contributed by atoms with Crippen LogP contribution in [0.15, 0.2) is 42.6 Å². The van der Waals surface area contributed by atoms with Gasteiger partial charge in [0, 0.05) is 44.7 Å². The van der Waals surface area contributed by atoms with E-state index in [1.807, 2.05) is 18.0 Å². The molecule has 176 valence electrons. The Balaban J connectivity index is 1.70. The molecule has 0 bridgehead atoms. The largest absolute Gasteiger partial charge is 0.340 e. The molecule has 3 amide bonds. The molecule has 1 aromatic heterocycles. The molecule has 2 aromatic carbocycles. The molecule has 1 N–H and O–H groups in total. The number of aryl methyl sites for hydroxylation is 1. The van der Waals surface area contributed by atoms with E-state index in [4.69, 9.17) is 23.2 Å². The fourth-order valence-corrected chi connectivity index (χ4v) is 4.67. The molecule has 1 saturated heterocycles. The SMILES string of the molecule is CC(=O)N1CCN(N(C=O)c2c(C)cnc3c(NC(=O)c4c(Cl)cccc4Cl)cccc23)CC1. The number of hydrogen-bond acceptors (Lipinski definition) is 5. The molecule has 0 atom stereocenters. The number of halogens is 2. The molecule has 0 spiro atoms. The van der Waals surface area contributed by atoms with Crippen LogP contribution in [0.5, 0.6) is 0 Å². The molecule has 1 aliphatic heterocycles. The van der Waals surface area contributed by atoms with Crippen molar-refractivity contribution in [1.82, 2.24) is 14.9 Å². The monoisotopic (exact) mass is 499 g/mol. The van der Waals surface area contributed by atoms with Crippen molar-refractivity contribution in [2.24, 2.45) is 0 Å². The number of carbonyl (C=O) groups excluding carboxylic acids is 3.